The minimum atomic E-state index is -0.278. The average Bonchev–Trinajstić information content (AvgIpc) is 3.02. The number of nitrogens with zero attached hydrogens (tertiary/aromatic N) is 1. The van der Waals surface area contributed by atoms with Crippen LogP contribution in [0.25, 0.3) is 11.3 Å². The molecule has 0 unspecified atom stereocenters. The summed E-state index contributed by atoms with van der Waals surface area (Å²) in [5.41, 5.74) is 4.06. The lowest BCUT2D eigenvalue weighted by molar-refractivity contribution is 0.102. The van der Waals surface area contributed by atoms with Gasteiger partial charge in [-0.25, -0.2) is 0 Å². The van der Waals surface area contributed by atoms with E-state index >= 15 is 0 Å². The number of aromatic amines is 1. The van der Waals surface area contributed by atoms with Gasteiger partial charge in [0, 0.05) is 11.3 Å². The highest BCUT2D eigenvalue weighted by Crippen LogP contribution is 2.30. The van der Waals surface area contributed by atoms with Gasteiger partial charge in [0.15, 0.2) is 0 Å². The molecular formula is C18H17N3O2. The number of H-pyrrole nitrogens is 1. The van der Waals surface area contributed by atoms with E-state index in [1.54, 1.807) is 12.1 Å². The van der Waals surface area contributed by atoms with Crippen LogP contribution in [-0.2, 0) is 0 Å². The van der Waals surface area contributed by atoms with Crippen LogP contribution in [0.15, 0.2) is 48.5 Å². The van der Waals surface area contributed by atoms with E-state index in [0.29, 0.717) is 17.0 Å². The first-order valence-corrected chi connectivity index (χ1v) is 7.27. The maximum Gasteiger partial charge on any atom is 0.273 e. The zero-order valence-electron chi connectivity index (χ0n) is 12.9. The van der Waals surface area contributed by atoms with Crippen molar-refractivity contribution in [3.8, 4) is 17.0 Å². The number of hydrogen-bond acceptors (Lipinski definition) is 3. The van der Waals surface area contributed by atoms with Crippen LogP contribution in [0.2, 0.25) is 0 Å². The highest BCUT2D eigenvalue weighted by atomic mass is 16.3. The van der Waals surface area contributed by atoms with E-state index in [1.165, 1.54) is 0 Å². The Kier molecular flexibility index (Phi) is 3.85. The Morgan fingerprint density at radius 3 is 2.61 bits per heavy atom. The summed E-state index contributed by atoms with van der Waals surface area (Å²) in [6.07, 6.45) is 0. The van der Waals surface area contributed by atoms with Crippen LogP contribution in [0, 0.1) is 13.8 Å². The second-order valence-corrected chi connectivity index (χ2v) is 5.46. The Morgan fingerprint density at radius 2 is 1.87 bits per heavy atom. The SMILES string of the molecule is Cc1ccc(NC(=O)c2cc(-c3cccc(C)c3O)n[nH]2)cc1. The van der Waals surface area contributed by atoms with Gasteiger partial charge in [-0.2, -0.15) is 5.10 Å². The van der Waals surface area contributed by atoms with Crippen molar-refractivity contribution in [2.45, 2.75) is 13.8 Å². The largest absolute Gasteiger partial charge is 0.507 e. The molecule has 3 aromatic rings. The van der Waals surface area contributed by atoms with E-state index in [9.17, 15) is 9.90 Å². The van der Waals surface area contributed by atoms with Gasteiger partial charge in [0.2, 0.25) is 0 Å². The van der Waals surface area contributed by atoms with Gasteiger partial charge in [0.25, 0.3) is 5.91 Å². The molecule has 0 aliphatic carbocycles. The monoisotopic (exact) mass is 307 g/mol. The molecule has 0 saturated heterocycles. The van der Waals surface area contributed by atoms with Crippen LogP contribution in [-0.4, -0.2) is 21.2 Å². The summed E-state index contributed by atoms with van der Waals surface area (Å²) in [5, 5.41) is 19.7. The molecule has 116 valence electrons. The lowest BCUT2D eigenvalue weighted by Crippen LogP contribution is -2.12. The summed E-state index contributed by atoms with van der Waals surface area (Å²) < 4.78 is 0. The van der Waals surface area contributed by atoms with Crippen molar-refractivity contribution in [1.29, 1.82) is 0 Å². The van der Waals surface area contributed by atoms with Crippen LogP contribution < -0.4 is 5.32 Å². The number of para-hydroxylation sites is 1. The molecular weight excluding hydrogens is 290 g/mol. The zero-order chi connectivity index (χ0) is 16.4. The number of aromatic nitrogens is 2. The Morgan fingerprint density at radius 1 is 1.13 bits per heavy atom. The molecule has 0 saturated carbocycles. The lowest BCUT2D eigenvalue weighted by atomic mass is 10.1. The highest BCUT2D eigenvalue weighted by molar-refractivity contribution is 6.03. The number of carbonyl (C=O) groups excluding carboxylic acids is 1. The third-order valence-corrected chi connectivity index (χ3v) is 3.65. The number of phenols is 1. The highest BCUT2D eigenvalue weighted by Gasteiger charge is 2.14. The normalized spacial score (nSPS) is 10.5. The molecule has 1 heterocycles. The Bertz CT molecular complexity index is 851. The predicted octanol–water partition coefficient (Wildman–Crippen LogP) is 3.65. The second-order valence-electron chi connectivity index (χ2n) is 5.46. The minimum absolute atomic E-state index is 0.171. The standard InChI is InChI=1S/C18H17N3O2/c1-11-6-8-13(9-7-11)19-18(23)16-10-15(20-21-16)14-5-3-4-12(2)17(14)22/h3-10,22H,1-2H3,(H,19,23)(H,20,21). The second kappa shape index (κ2) is 5.96. The number of nitrogens with one attached hydrogen (secondary N) is 2. The molecule has 3 N–H and O–H groups in total. The third-order valence-electron chi connectivity index (χ3n) is 3.65. The van der Waals surface area contributed by atoms with Crippen molar-refractivity contribution in [2.75, 3.05) is 5.32 Å². The number of hydrogen-bond donors (Lipinski definition) is 3. The van der Waals surface area contributed by atoms with Gasteiger partial charge < -0.3 is 10.4 Å². The molecule has 2 aromatic carbocycles. The molecule has 0 bridgehead atoms. The molecule has 0 fully saturated rings. The molecule has 3 rings (SSSR count). The van der Waals surface area contributed by atoms with Crippen molar-refractivity contribution in [2.24, 2.45) is 0 Å². The Hall–Kier alpha value is -3.08. The zero-order valence-corrected chi connectivity index (χ0v) is 12.9. The van der Waals surface area contributed by atoms with Gasteiger partial charge in [0.1, 0.15) is 11.4 Å². The van der Waals surface area contributed by atoms with E-state index in [1.807, 2.05) is 50.2 Å². The molecule has 23 heavy (non-hydrogen) atoms. The van der Waals surface area contributed by atoms with Gasteiger partial charge in [-0.15, -0.1) is 0 Å². The molecule has 0 spiro atoms. The number of amides is 1. The van der Waals surface area contributed by atoms with Gasteiger partial charge >= 0.3 is 0 Å². The van der Waals surface area contributed by atoms with E-state index in [4.69, 9.17) is 0 Å². The first-order chi connectivity index (χ1) is 11.0. The number of benzene rings is 2. The van der Waals surface area contributed by atoms with Crippen LogP contribution in [0.4, 0.5) is 5.69 Å². The van der Waals surface area contributed by atoms with Crippen molar-refractivity contribution >= 4 is 11.6 Å². The van der Waals surface area contributed by atoms with Gasteiger partial charge in [-0.1, -0.05) is 29.8 Å². The van der Waals surface area contributed by atoms with E-state index < -0.39 is 0 Å². The lowest BCUT2D eigenvalue weighted by Gasteiger charge is -2.04. The molecule has 0 aliphatic heterocycles. The Balaban J connectivity index is 1.82. The smallest absolute Gasteiger partial charge is 0.273 e. The van der Waals surface area contributed by atoms with Gasteiger partial charge in [0.05, 0.1) is 5.69 Å². The first kappa shape index (κ1) is 14.8. The van der Waals surface area contributed by atoms with Crippen LogP contribution >= 0.6 is 0 Å². The number of carbonyl (C=O) groups is 1. The average molecular weight is 307 g/mol. The summed E-state index contributed by atoms with van der Waals surface area (Å²) in [6.45, 7) is 3.80. The van der Waals surface area contributed by atoms with Crippen molar-refractivity contribution in [3.63, 3.8) is 0 Å². The molecule has 5 nitrogen and oxygen atoms in total. The maximum absolute atomic E-state index is 12.3. The summed E-state index contributed by atoms with van der Waals surface area (Å²) in [4.78, 5) is 12.3. The Labute approximate surface area is 134 Å². The molecule has 0 atom stereocenters. The minimum Gasteiger partial charge on any atom is -0.507 e. The molecule has 1 amide bonds. The fourth-order valence-corrected chi connectivity index (χ4v) is 2.28. The van der Waals surface area contributed by atoms with Gasteiger partial charge in [-0.3, -0.25) is 9.89 Å². The number of phenolic OH excluding ortho intramolecular Hbond substituents is 1. The number of rotatable bonds is 3. The van der Waals surface area contributed by atoms with Gasteiger partial charge in [-0.05, 0) is 43.7 Å². The first-order valence-electron chi connectivity index (χ1n) is 7.27. The third kappa shape index (κ3) is 3.08. The van der Waals surface area contributed by atoms with E-state index in [2.05, 4.69) is 15.5 Å². The van der Waals surface area contributed by atoms with Crippen LogP contribution in [0.3, 0.4) is 0 Å². The van der Waals surface area contributed by atoms with Crippen molar-refractivity contribution < 1.29 is 9.90 Å². The quantitative estimate of drug-likeness (QED) is 0.691. The van der Waals surface area contributed by atoms with Crippen molar-refractivity contribution in [1.82, 2.24) is 10.2 Å². The predicted molar refractivity (Wildman–Crippen MR) is 89.6 cm³/mol. The summed E-state index contributed by atoms with van der Waals surface area (Å²) in [7, 11) is 0. The van der Waals surface area contributed by atoms with Crippen molar-refractivity contribution in [3.05, 3.63) is 65.4 Å². The number of aromatic hydroxyl groups is 1. The van der Waals surface area contributed by atoms with E-state index in [-0.39, 0.29) is 11.7 Å². The van der Waals surface area contributed by atoms with E-state index in [0.717, 1.165) is 16.8 Å². The summed E-state index contributed by atoms with van der Waals surface area (Å²) >= 11 is 0. The number of anilines is 1. The molecule has 0 radical (unpaired) electrons. The fourth-order valence-electron chi connectivity index (χ4n) is 2.28. The van der Waals surface area contributed by atoms with Crippen LogP contribution in [0.5, 0.6) is 5.75 Å². The summed E-state index contributed by atoms with van der Waals surface area (Å²) in [5.74, 6) is -0.107. The van der Waals surface area contributed by atoms with Crippen LogP contribution in [0.1, 0.15) is 21.6 Å². The topological polar surface area (TPSA) is 78.0 Å². The molecule has 5 heteroatoms. The maximum atomic E-state index is 12.3. The summed E-state index contributed by atoms with van der Waals surface area (Å²) in [6, 6.07) is 14.6. The molecule has 1 aromatic heterocycles. The number of aryl methyl sites for hydroxylation is 2. The molecule has 0 aliphatic rings. The fraction of sp³-hybridized carbons (Fsp3) is 0.111.